The Hall–Kier alpha value is -1.69. The number of benzene rings is 1. The zero-order valence-corrected chi connectivity index (χ0v) is 11.4. The normalized spacial score (nSPS) is 18.4. The van der Waals surface area contributed by atoms with Crippen molar-refractivity contribution in [2.45, 2.75) is 12.5 Å². The molecule has 1 aromatic carbocycles. The lowest BCUT2D eigenvalue weighted by molar-refractivity contribution is -0.147. The molecule has 6 heteroatoms. The van der Waals surface area contributed by atoms with Crippen molar-refractivity contribution >= 4 is 23.6 Å². The second kappa shape index (κ2) is 5.97. The number of para-hydroxylation sites is 1. The van der Waals surface area contributed by atoms with Crippen molar-refractivity contribution in [1.29, 1.82) is 0 Å². The van der Waals surface area contributed by atoms with Gasteiger partial charge in [-0.2, -0.15) is 0 Å². The fraction of sp³-hybridized carbons (Fsp3) is 0.385. The lowest BCUT2D eigenvalue weighted by Crippen LogP contribution is -2.42. The highest BCUT2D eigenvalue weighted by Crippen LogP contribution is 2.24. The first-order valence-electron chi connectivity index (χ1n) is 5.85. The third-order valence-corrected chi connectivity index (χ3v) is 4.03. The SMILES string of the molecule is COc1ccccc1CC(=O)N1CSCC1C(=O)O. The van der Waals surface area contributed by atoms with E-state index in [1.54, 1.807) is 13.2 Å². The fourth-order valence-corrected chi connectivity index (χ4v) is 3.18. The summed E-state index contributed by atoms with van der Waals surface area (Å²) in [6.45, 7) is 0. The van der Waals surface area contributed by atoms with Crippen molar-refractivity contribution in [3.05, 3.63) is 29.8 Å². The molecule has 102 valence electrons. The summed E-state index contributed by atoms with van der Waals surface area (Å²) < 4.78 is 5.19. The summed E-state index contributed by atoms with van der Waals surface area (Å²) in [5.41, 5.74) is 0.774. The molecule has 1 atom stereocenters. The molecule has 0 radical (unpaired) electrons. The summed E-state index contributed by atoms with van der Waals surface area (Å²) in [6.07, 6.45) is 0.161. The van der Waals surface area contributed by atoms with Crippen molar-refractivity contribution in [2.24, 2.45) is 0 Å². The van der Waals surface area contributed by atoms with Gasteiger partial charge < -0.3 is 14.7 Å². The number of carbonyl (C=O) groups is 2. The maximum atomic E-state index is 12.2. The van der Waals surface area contributed by atoms with Crippen LogP contribution in [0.5, 0.6) is 5.75 Å². The van der Waals surface area contributed by atoms with Crippen LogP contribution in [-0.4, -0.2) is 46.7 Å². The molecular weight excluding hydrogens is 266 g/mol. The highest BCUT2D eigenvalue weighted by atomic mass is 32.2. The van der Waals surface area contributed by atoms with E-state index in [-0.39, 0.29) is 12.3 Å². The number of methoxy groups -OCH3 is 1. The third-order valence-electron chi connectivity index (χ3n) is 3.02. The summed E-state index contributed by atoms with van der Waals surface area (Å²) in [7, 11) is 1.55. The molecule has 1 aliphatic heterocycles. The minimum Gasteiger partial charge on any atom is -0.496 e. The Morgan fingerprint density at radius 1 is 1.47 bits per heavy atom. The highest BCUT2D eigenvalue weighted by Gasteiger charge is 2.34. The van der Waals surface area contributed by atoms with Gasteiger partial charge in [0.1, 0.15) is 11.8 Å². The Morgan fingerprint density at radius 2 is 2.21 bits per heavy atom. The number of hydrogen-bond acceptors (Lipinski definition) is 4. The largest absolute Gasteiger partial charge is 0.496 e. The number of carboxylic acid groups (broad SMARTS) is 1. The van der Waals surface area contributed by atoms with Crippen LogP contribution in [0.15, 0.2) is 24.3 Å². The standard InChI is InChI=1S/C13H15NO4S/c1-18-11-5-3-2-4-9(11)6-12(15)14-8-19-7-10(14)13(16)17/h2-5,10H,6-8H2,1H3,(H,16,17). The van der Waals surface area contributed by atoms with Crippen molar-refractivity contribution < 1.29 is 19.4 Å². The van der Waals surface area contributed by atoms with Crippen LogP contribution in [0.25, 0.3) is 0 Å². The first-order chi connectivity index (χ1) is 9.13. The van der Waals surface area contributed by atoms with Crippen molar-refractivity contribution in [3.63, 3.8) is 0 Å². The minimum atomic E-state index is -0.946. The van der Waals surface area contributed by atoms with E-state index in [0.29, 0.717) is 17.4 Å². The van der Waals surface area contributed by atoms with Crippen LogP contribution >= 0.6 is 11.8 Å². The summed E-state index contributed by atoms with van der Waals surface area (Å²) >= 11 is 1.46. The second-order valence-electron chi connectivity index (χ2n) is 4.21. The van der Waals surface area contributed by atoms with Gasteiger partial charge >= 0.3 is 5.97 Å². The Morgan fingerprint density at radius 3 is 2.89 bits per heavy atom. The van der Waals surface area contributed by atoms with Crippen molar-refractivity contribution in [3.8, 4) is 5.75 Å². The molecular formula is C13H15NO4S. The molecule has 0 saturated carbocycles. The third kappa shape index (κ3) is 3.01. The molecule has 1 aromatic rings. The average Bonchev–Trinajstić information content (AvgIpc) is 2.88. The van der Waals surface area contributed by atoms with E-state index in [9.17, 15) is 9.59 Å². The Balaban J connectivity index is 2.10. The molecule has 0 bridgehead atoms. The van der Waals surface area contributed by atoms with E-state index in [2.05, 4.69) is 0 Å². The van der Waals surface area contributed by atoms with E-state index >= 15 is 0 Å². The number of rotatable bonds is 4. The first kappa shape index (κ1) is 13.7. The van der Waals surface area contributed by atoms with E-state index in [4.69, 9.17) is 9.84 Å². The molecule has 0 aliphatic carbocycles. The predicted octanol–water partition coefficient (Wildman–Crippen LogP) is 1.22. The molecule has 1 saturated heterocycles. The summed E-state index contributed by atoms with van der Waals surface area (Å²) in [5.74, 6) is 0.410. The molecule has 5 nitrogen and oxygen atoms in total. The van der Waals surface area contributed by atoms with Gasteiger partial charge in [0.2, 0.25) is 5.91 Å². The number of carboxylic acids is 1. The van der Waals surface area contributed by atoms with Gasteiger partial charge in [-0.15, -0.1) is 11.8 Å². The van der Waals surface area contributed by atoms with Gasteiger partial charge in [-0.1, -0.05) is 18.2 Å². The molecule has 0 aromatic heterocycles. The maximum absolute atomic E-state index is 12.2. The van der Waals surface area contributed by atoms with Gasteiger partial charge in [0.05, 0.1) is 19.4 Å². The van der Waals surface area contributed by atoms with Gasteiger partial charge in [0, 0.05) is 11.3 Å². The van der Waals surface area contributed by atoms with Crippen LogP contribution in [0.3, 0.4) is 0 Å². The minimum absolute atomic E-state index is 0.161. The highest BCUT2D eigenvalue weighted by molar-refractivity contribution is 7.99. The lowest BCUT2D eigenvalue weighted by atomic mass is 10.1. The Bertz CT molecular complexity index is 491. The number of aliphatic carboxylic acids is 1. The van der Waals surface area contributed by atoms with E-state index in [1.807, 2.05) is 18.2 Å². The summed E-state index contributed by atoms with van der Waals surface area (Å²) in [6, 6.07) is 6.55. The van der Waals surface area contributed by atoms with Crippen molar-refractivity contribution in [2.75, 3.05) is 18.7 Å². The average molecular weight is 281 g/mol. The number of carbonyl (C=O) groups excluding carboxylic acids is 1. The van der Waals surface area contributed by atoms with Crippen LogP contribution in [0.4, 0.5) is 0 Å². The number of nitrogens with zero attached hydrogens (tertiary/aromatic N) is 1. The van der Waals surface area contributed by atoms with Gasteiger partial charge in [-0.25, -0.2) is 4.79 Å². The summed E-state index contributed by atoms with van der Waals surface area (Å²) in [4.78, 5) is 24.7. The monoisotopic (exact) mass is 281 g/mol. The predicted molar refractivity (Wildman–Crippen MR) is 72.3 cm³/mol. The molecule has 1 unspecified atom stereocenters. The molecule has 1 amide bonds. The number of amides is 1. The van der Waals surface area contributed by atoms with Gasteiger partial charge in [0.15, 0.2) is 0 Å². The molecule has 2 rings (SSSR count). The van der Waals surface area contributed by atoms with Crippen LogP contribution in [0.2, 0.25) is 0 Å². The topological polar surface area (TPSA) is 66.8 Å². The number of ether oxygens (including phenoxy) is 1. The molecule has 0 spiro atoms. The van der Waals surface area contributed by atoms with Gasteiger partial charge in [-0.3, -0.25) is 4.79 Å². The van der Waals surface area contributed by atoms with E-state index in [1.165, 1.54) is 16.7 Å². The quantitative estimate of drug-likeness (QED) is 0.899. The molecule has 1 fully saturated rings. The molecule has 19 heavy (non-hydrogen) atoms. The first-order valence-corrected chi connectivity index (χ1v) is 7.01. The maximum Gasteiger partial charge on any atom is 0.327 e. The van der Waals surface area contributed by atoms with Gasteiger partial charge in [-0.05, 0) is 6.07 Å². The van der Waals surface area contributed by atoms with Gasteiger partial charge in [0.25, 0.3) is 0 Å². The Kier molecular flexibility index (Phi) is 4.31. The number of hydrogen-bond donors (Lipinski definition) is 1. The fourth-order valence-electron chi connectivity index (χ4n) is 2.01. The van der Waals surface area contributed by atoms with Crippen LogP contribution in [0.1, 0.15) is 5.56 Å². The zero-order chi connectivity index (χ0) is 13.8. The van der Waals surface area contributed by atoms with Crippen LogP contribution < -0.4 is 4.74 Å². The van der Waals surface area contributed by atoms with E-state index in [0.717, 1.165) is 5.56 Å². The second-order valence-corrected chi connectivity index (χ2v) is 5.21. The number of thioether (sulfide) groups is 1. The van der Waals surface area contributed by atoms with Crippen LogP contribution in [0, 0.1) is 0 Å². The Labute approximate surface area is 115 Å². The molecule has 1 heterocycles. The van der Waals surface area contributed by atoms with Crippen molar-refractivity contribution in [1.82, 2.24) is 4.90 Å². The zero-order valence-electron chi connectivity index (χ0n) is 10.5. The smallest absolute Gasteiger partial charge is 0.327 e. The van der Waals surface area contributed by atoms with E-state index < -0.39 is 12.0 Å². The summed E-state index contributed by atoms with van der Waals surface area (Å²) in [5, 5.41) is 9.07. The lowest BCUT2D eigenvalue weighted by Gasteiger charge is -2.20. The van der Waals surface area contributed by atoms with Crippen LogP contribution in [-0.2, 0) is 16.0 Å². The molecule has 1 N–H and O–H groups in total. The molecule has 1 aliphatic rings.